The van der Waals surface area contributed by atoms with Crippen molar-refractivity contribution < 1.29 is 9.53 Å². The van der Waals surface area contributed by atoms with Crippen LogP contribution < -0.4 is 10.6 Å². The number of amides is 1. The van der Waals surface area contributed by atoms with Crippen LogP contribution in [0.1, 0.15) is 10.4 Å². The van der Waals surface area contributed by atoms with Crippen molar-refractivity contribution in [3.8, 4) is 0 Å². The fourth-order valence-corrected chi connectivity index (χ4v) is 2.56. The molecule has 98 valence electrons. The highest BCUT2D eigenvalue weighted by Gasteiger charge is 2.28. The van der Waals surface area contributed by atoms with Crippen molar-refractivity contribution in [3.63, 3.8) is 0 Å². The Hall–Kier alpha value is -0.620. The van der Waals surface area contributed by atoms with Gasteiger partial charge in [-0.05, 0) is 34.1 Å². The highest BCUT2D eigenvalue weighted by atomic mass is 79.9. The molecule has 1 fully saturated rings. The van der Waals surface area contributed by atoms with Crippen LogP contribution in [0, 0.1) is 0 Å². The fourth-order valence-electron chi connectivity index (χ4n) is 1.96. The molecule has 0 radical (unpaired) electrons. The van der Waals surface area contributed by atoms with Crippen molar-refractivity contribution in [2.45, 2.75) is 12.1 Å². The van der Waals surface area contributed by atoms with Crippen LogP contribution in [0.5, 0.6) is 0 Å². The third-order valence-electron chi connectivity index (χ3n) is 2.95. The molecule has 1 aromatic carbocycles. The van der Waals surface area contributed by atoms with E-state index in [-0.39, 0.29) is 18.1 Å². The Morgan fingerprint density at radius 3 is 3.06 bits per heavy atom. The van der Waals surface area contributed by atoms with E-state index in [4.69, 9.17) is 16.3 Å². The molecule has 0 aromatic heterocycles. The lowest BCUT2D eigenvalue weighted by Gasteiger charge is -2.19. The normalized spacial score (nSPS) is 23.1. The molecule has 1 aliphatic heterocycles. The molecular formula is C12H14BrClN2O2. The summed E-state index contributed by atoms with van der Waals surface area (Å²) in [6.07, 6.45) is 0.00640. The first-order valence-electron chi connectivity index (χ1n) is 5.61. The Balaban J connectivity index is 2.09. The summed E-state index contributed by atoms with van der Waals surface area (Å²) in [7, 11) is 1.64. The van der Waals surface area contributed by atoms with Gasteiger partial charge in [0.25, 0.3) is 5.91 Å². The molecule has 1 aromatic rings. The predicted molar refractivity (Wildman–Crippen MR) is 74.1 cm³/mol. The molecule has 1 amide bonds. The molecule has 0 saturated carbocycles. The third-order valence-corrected chi connectivity index (χ3v) is 3.88. The first-order valence-corrected chi connectivity index (χ1v) is 6.78. The number of rotatable bonds is 3. The van der Waals surface area contributed by atoms with E-state index >= 15 is 0 Å². The highest BCUT2D eigenvalue weighted by molar-refractivity contribution is 9.10. The van der Waals surface area contributed by atoms with Crippen molar-refractivity contribution in [3.05, 3.63) is 33.3 Å². The number of hydrogen-bond donors (Lipinski definition) is 2. The predicted octanol–water partition coefficient (Wildman–Crippen LogP) is 1.82. The largest absolute Gasteiger partial charge is 0.378 e. The summed E-state index contributed by atoms with van der Waals surface area (Å²) in [6, 6.07) is 5.12. The van der Waals surface area contributed by atoms with Crippen molar-refractivity contribution in [1.82, 2.24) is 10.6 Å². The van der Waals surface area contributed by atoms with Gasteiger partial charge in [0, 0.05) is 29.7 Å². The average molecular weight is 334 g/mol. The molecule has 1 unspecified atom stereocenters. The standard InChI is InChI=1S/C12H14BrClN2O2/c1-18-11-6-15-5-10(11)16-12(17)8-4-7(14)2-3-9(8)13/h2-4,10-11,15H,5-6H2,1H3,(H,16,17)/t10?,11-/m0/s1. The molecule has 0 bridgehead atoms. The van der Waals surface area contributed by atoms with Crippen LogP contribution in [0.15, 0.2) is 22.7 Å². The fraction of sp³-hybridized carbons (Fsp3) is 0.417. The van der Waals surface area contributed by atoms with Gasteiger partial charge in [-0.15, -0.1) is 0 Å². The minimum absolute atomic E-state index is 0.00640. The van der Waals surface area contributed by atoms with Gasteiger partial charge >= 0.3 is 0 Å². The van der Waals surface area contributed by atoms with Crippen LogP contribution in [0.25, 0.3) is 0 Å². The zero-order chi connectivity index (χ0) is 13.1. The van der Waals surface area contributed by atoms with Gasteiger partial charge in [-0.25, -0.2) is 0 Å². The number of benzene rings is 1. The van der Waals surface area contributed by atoms with Crippen LogP contribution in [-0.4, -0.2) is 38.3 Å². The maximum atomic E-state index is 12.2. The zero-order valence-electron chi connectivity index (χ0n) is 9.87. The highest BCUT2D eigenvalue weighted by Crippen LogP contribution is 2.21. The van der Waals surface area contributed by atoms with Gasteiger partial charge in [-0.3, -0.25) is 4.79 Å². The second-order valence-corrected chi connectivity index (χ2v) is 5.43. The monoisotopic (exact) mass is 332 g/mol. The Labute approximate surface area is 119 Å². The lowest BCUT2D eigenvalue weighted by atomic mass is 10.1. The summed E-state index contributed by atoms with van der Waals surface area (Å²) >= 11 is 9.24. The van der Waals surface area contributed by atoms with Crippen LogP contribution in [0.3, 0.4) is 0 Å². The lowest BCUT2D eigenvalue weighted by Crippen LogP contribution is -2.43. The summed E-state index contributed by atoms with van der Waals surface area (Å²) in [6.45, 7) is 1.46. The number of nitrogens with one attached hydrogen (secondary N) is 2. The maximum absolute atomic E-state index is 12.2. The molecule has 6 heteroatoms. The van der Waals surface area contributed by atoms with Crippen molar-refractivity contribution in [2.75, 3.05) is 20.2 Å². The zero-order valence-corrected chi connectivity index (χ0v) is 12.2. The summed E-state index contributed by atoms with van der Waals surface area (Å²) < 4.78 is 6.03. The molecule has 1 heterocycles. The second kappa shape index (κ2) is 6.02. The SMILES string of the molecule is CO[C@H]1CNCC1NC(=O)c1cc(Cl)ccc1Br. The number of halogens is 2. The van der Waals surface area contributed by atoms with Gasteiger partial charge in [0.15, 0.2) is 0 Å². The van der Waals surface area contributed by atoms with E-state index in [1.807, 2.05) is 0 Å². The van der Waals surface area contributed by atoms with E-state index in [1.165, 1.54) is 0 Å². The molecule has 2 N–H and O–H groups in total. The molecule has 1 aliphatic rings. The van der Waals surface area contributed by atoms with Gasteiger partial charge in [-0.2, -0.15) is 0 Å². The first-order chi connectivity index (χ1) is 8.61. The number of hydrogen-bond acceptors (Lipinski definition) is 3. The number of ether oxygens (including phenoxy) is 1. The van der Waals surface area contributed by atoms with Gasteiger partial charge in [-0.1, -0.05) is 11.6 Å². The summed E-state index contributed by atoms with van der Waals surface area (Å²) in [5.41, 5.74) is 0.532. The topological polar surface area (TPSA) is 50.4 Å². The molecule has 2 atom stereocenters. The van der Waals surface area contributed by atoms with E-state index in [2.05, 4.69) is 26.6 Å². The quantitative estimate of drug-likeness (QED) is 0.887. The third kappa shape index (κ3) is 3.03. The lowest BCUT2D eigenvalue weighted by molar-refractivity contribution is 0.0779. The van der Waals surface area contributed by atoms with Crippen LogP contribution in [0.4, 0.5) is 0 Å². The molecule has 0 aliphatic carbocycles. The average Bonchev–Trinajstić information content (AvgIpc) is 2.79. The molecule has 18 heavy (non-hydrogen) atoms. The Morgan fingerprint density at radius 2 is 2.33 bits per heavy atom. The van der Waals surface area contributed by atoms with Crippen molar-refractivity contribution >= 4 is 33.4 Å². The molecule has 4 nitrogen and oxygen atoms in total. The Bertz CT molecular complexity index is 456. The summed E-state index contributed by atoms with van der Waals surface area (Å²) in [5.74, 6) is -0.153. The molecule has 2 rings (SSSR count). The van der Waals surface area contributed by atoms with E-state index in [0.29, 0.717) is 17.1 Å². The van der Waals surface area contributed by atoms with E-state index in [9.17, 15) is 4.79 Å². The van der Waals surface area contributed by atoms with E-state index < -0.39 is 0 Å². The first kappa shape index (κ1) is 13.8. The van der Waals surface area contributed by atoms with Crippen LogP contribution >= 0.6 is 27.5 Å². The van der Waals surface area contributed by atoms with Crippen molar-refractivity contribution in [2.24, 2.45) is 0 Å². The number of carbonyl (C=O) groups excluding carboxylic acids is 1. The van der Waals surface area contributed by atoms with Crippen LogP contribution in [-0.2, 0) is 4.74 Å². The minimum atomic E-state index is -0.153. The number of methoxy groups -OCH3 is 1. The van der Waals surface area contributed by atoms with Crippen LogP contribution in [0.2, 0.25) is 5.02 Å². The Morgan fingerprint density at radius 1 is 1.56 bits per heavy atom. The van der Waals surface area contributed by atoms with E-state index in [0.717, 1.165) is 11.0 Å². The van der Waals surface area contributed by atoms with Crippen molar-refractivity contribution in [1.29, 1.82) is 0 Å². The van der Waals surface area contributed by atoms with Gasteiger partial charge < -0.3 is 15.4 Å². The van der Waals surface area contributed by atoms with Gasteiger partial charge in [0.05, 0.1) is 17.7 Å². The van der Waals surface area contributed by atoms with E-state index in [1.54, 1.807) is 25.3 Å². The molecule has 1 saturated heterocycles. The minimum Gasteiger partial charge on any atom is -0.378 e. The smallest absolute Gasteiger partial charge is 0.252 e. The van der Waals surface area contributed by atoms with Gasteiger partial charge in [0.2, 0.25) is 0 Å². The number of carbonyl (C=O) groups is 1. The summed E-state index contributed by atoms with van der Waals surface area (Å²) in [5, 5.41) is 6.67. The second-order valence-electron chi connectivity index (χ2n) is 4.14. The Kier molecular flexibility index (Phi) is 4.61. The summed E-state index contributed by atoms with van der Waals surface area (Å²) in [4.78, 5) is 12.2. The van der Waals surface area contributed by atoms with Gasteiger partial charge in [0.1, 0.15) is 0 Å². The molecular weight excluding hydrogens is 320 g/mol. The maximum Gasteiger partial charge on any atom is 0.252 e. The molecule has 0 spiro atoms.